The molecule has 0 atom stereocenters. The second-order valence-electron chi connectivity index (χ2n) is 4.53. The number of aryl methyl sites for hydroxylation is 1. The van der Waals surface area contributed by atoms with Crippen LogP contribution < -0.4 is 10.1 Å². The van der Waals surface area contributed by atoms with Crippen molar-refractivity contribution in [2.24, 2.45) is 0 Å². The molecule has 108 valence electrons. The van der Waals surface area contributed by atoms with Crippen LogP contribution in [0.1, 0.15) is 18.9 Å². The largest absolute Gasteiger partial charge is 0.493 e. The van der Waals surface area contributed by atoms with Crippen LogP contribution in [0, 0.1) is 0 Å². The van der Waals surface area contributed by atoms with Crippen LogP contribution in [0.3, 0.4) is 0 Å². The number of nitrogens with one attached hydrogen (secondary N) is 1. The third-order valence-corrected chi connectivity index (χ3v) is 3.20. The third-order valence-electron chi connectivity index (χ3n) is 2.97. The third kappa shape index (κ3) is 4.54. The molecule has 2 rings (SSSR count). The molecule has 1 aromatic heterocycles. The van der Waals surface area contributed by atoms with Crippen molar-refractivity contribution in [2.45, 2.75) is 26.4 Å². The van der Waals surface area contributed by atoms with Crippen LogP contribution >= 0.6 is 11.6 Å². The SMILES string of the molecule is CCNCc1cc(Cl)ccc1OCCCn1ccnc1. The van der Waals surface area contributed by atoms with Crippen LogP contribution in [0.2, 0.25) is 5.02 Å². The highest BCUT2D eigenvalue weighted by molar-refractivity contribution is 6.30. The quantitative estimate of drug-likeness (QED) is 0.760. The Morgan fingerprint density at radius 2 is 2.30 bits per heavy atom. The van der Waals surface area contributed by atoms with E-state index in [0.717, 1.165) is 42.4 Å². The van der Waals surface area contributed by atoms with E-state index in [-0.39, 0.29) is 0 Å². The molecule has 0 saturated heterocycles. The molecule has 0 spiro atoms. The van der Waals surface area contributed by atoms with Gasteiger partial charge in [0.15, 0.2) is 0 Å². The summed E-state index contributed by atoms with van der Waals surface area (Å²) in [4.78, 5) is 4.02. The molecule has 0 bridgehead atoms. The lowest BCUT2D eigenvalue weighted by Gasteiger charge is -2.12. The summed E-state index contributed by atoms with van der Waals surface area (Å²) >= 11 is 6.03. The van der Waals surface area contributed by atoms with E-state index < -0.39 is 0 Å². The fourth-order valence-corrected chi connectivity index (χ4v) is 2.13. The first kappa shape index (κ1) is 14.9. The van der Waals surface area contributed by atoms with Gasteiger partial charge in [-0.15, -0.1) is 0 Å². The fourth-order valence-electron chi connectivity index (χ4n) is 1.93. The maximum atomic E-state index is 6.03. The van der Waals surface area contributed by atoms with Gasteiger partial charge >= 0.3 is 0 Å². The molecule has 1 N–H and O–H groups in total. The van der Waals surface area contributed by atoms with Crippen molar-refractivity contribution in [2.75, 3.05) is 13.2 Å². The summed E-state index contributed by atoms with van der Waals surface area (Å²) < 4.78 is 7.90. The van der Waals surface area contributed by atoms with E-state index in [1.165, 1.54) is 0 Å². The van der Waals surface area contributed by atoms with Crippen molar-refractivity contribution in [1.82, 2.24) is 14.9 Å². The first-order valence-corrected chi connectivity index (χ1v) is 7.25. The first-order chi connectivity index (χ1) is 9.79. The Bertz CT molecular complexity index is 514. The number of hydrogen-bond acceptors (Lipinski definition) is 3. The normalized spacial score (nSPS) is 10.7. The molecule has 0 aliphatic carbocycles. The molecule has 1 heterocycles. The van der Waals surface area contributed by atoms with Gasteiger partial charge in [-0.3, -0.25) is 0 Å². The summed E-state index contributed by atoms with van der Waals surface area (Å²) in [5.41, 5.74) is 1.10. The molecule has 0 saturated carbocycles. The molecule has 2 aromatic rings. The van der Waals surface area contributed by atoms with Gasteiger partial charge in [0.25, 0.3) is 0 Å². The predicted molar refractivity (Wildman–Crippen MR) is 81.2 cm³/mol. The van der Waals surface area contributed by atoms with E-state index in [2.05, 4.69) is 17.2 Å². The standard InChI is InChI=1S/C15H20ClN3O/c1-2-17-11-13-10-14(16)4-5-15(13)20-9-3-7-19-8-6-18-12-19/h4-6,8,10,12,17H,2-3,7,9,11H2,1H3. The molecule has 4 nitrogen and oxygen atoms in total. The van der Waals surface area contributed by atoms with Crippen molar-refractivity contribution < 1.29 is 4.74 Å². The molecule has 0 aliphatic rings. The number of hydrogen-bond donors (Lipinski definition) is 1. The smallest absolute Gasteiger partial charge is 0.123 e. The number of aromatic nitrogens is 2. The topological polar surface area (TPSA) is 39.1 Å². The Hall–Kier alpha value is -1.52. The zero-order chi connectivity index (χ0) is 14.2. The second-order valence-corrected chi connectivity index (χ2v) is 4.97. The molecule has 0 amide bonds. The van der Waals surface area contributed by atoms with Crippen LogP contribution in [-0.4, -0.2) is 22.7 Å². The average molecular weight is 294 g/mol. The Morgan fingerprint density at radius 1 is 1.40 bits per heavy atom. The molecular weight excluding hydrogens is 274 g/mol. The molecular formula is C15H20ClN3O. The van der Waals surface area contributed by atoms with Crippen molar-refractivity contribution in [3.8, 4) is 5.75 Å². The molecule has 20 heavy (non-hydrogen) atoms. The van der Waals surface area contributed by atoms with Crippen molar-refractivity contribution in [3.63, 3.8) is 0 Å². The van der Waals surface area contributed by atoms with Crippen LogP contribution in [0.15, 0.2) is 36.9 Å². The van der Waals surface area contributed by atoms with Gasteiger partial charge in [0, 0.05) is 36.1 Å². The van der Waals surface area contributed by atoms with Gasteiger partial charge < -0.3 is 14.6 Å². The predicted octanol–water partition coefficient (Wildman–Crippen LogP) is 3.12. The highest BCUT2D eigenvalue weighted by atomic mass is 35.5. The van der Waals surface area contributed by atoms with Crippen LogP contribution in [0.4, 0.5) is 0 Å². The van der Waals surface area contributed by atoms with Crippen molar-refractivity contribution in [1.29, 1.82) is 0 Å². The summed E-state index contributed by atoms with van der Waals surface area (Å²) in [5.74, 6) is 0.904. The van der Waals surface area contributed by atoms with Crippen LogP contribution in [0.5, 0.6) is 5.75 Å². The van der Waals surface area contributed by atoms with Crippen molar-refractivity contribution >= 4 is 11.6 Å². The lowest BCUT2D eigenvalue weighted by atomic mass is 10.2. The van der Waals surface area contributed by atoms with Gasteiger partial charge in [0.2, 0.25) is 0 Å². The highest BCUT2D eigenvalue weighted by Gasteiger charge is 2.04. The number of benzene rings is 1. The number of imidazole rings is 1. The van der Waals surface area contributed by atoms with E-state index in [4.69, 9.17) is 16.3 Å². The zero-order valence-corrected chi connectivity index (χ0v) is 12.4. The van der Waals surface area contributed by atoms with Gasteiger partial charge in [-0.2, -0.15) is 0 Å². The van der Waals surface area contributed by atoms with E-state index >= 15 is 0 Å². The molecule has 1 aromatic carbocycles. The second kappa shape index (κ2) is 7.92. The molecule has 0 fully saturated rings. The summed E-state index contributed by atoms with van der Waals surface area (Å²) in [5, 5.41) is 4.03. The number of ether oxygens (including phenoxy) is 1. The van der Waals surface area contributed by atoms with Gasteiger partial charge in [0.1, 0.15) is 5.75 Å². The summed E-state index contributed by atoms with van der Waals surface area (Å²) in [6.07, 6.45) is 6.51. The lowest BCUT2D eigenvalue weighted by molar-refractivity contribution is 0.298. The van der Waals surface area contributed by atoms with E-state index in [1.807, 2.05) is 35.3 Å². The maximum absolute atomic E-state index is 6.03. The Morgan fingerprint density at radius 3 is 3.05 bits per heavy atom. The summed E-state index contributed by atoms with van der Waals surface area (Å²) in [6, 6.07) is 5.75. The summed E-state index contributed by atoms with van der Waals surface area (Å²) in [7, 11) is 0. The Balaban J connectivity index is 1.84. The molecule has 0 aliphatic heterocycles. The van der Waals surface area contributed by atoms with Gasteiger partial charge in [-0.25, -0.2) is 4.98 Å². The molecule has 5 heteroatoms. The van der Waals surface area contributed by atoms with E-state index in [1.54, 1.807) is 6.20 Å². The van der Waals surface area contributed by atoms with Crippen LogP contribution in [0.25, 0.3) is 0 Å². The Labute approximate surface area is 124 Å². The minimum absolute atomic E-state index is 0.680. The first-order valence-electron chi connectivity index (χ1n) is 6.87. The maximum Gasteiger partial charge on any atom is 0.123 e. The van der Waals surface area contributed by atoms with Gasteiger partial charge in [-0.1, -0.05) is 18.5 Å². The monoisotopic (exact) mass is 293 g/mol. The number of nitrogens with zero attached hydrogens (tertiary/aromatic N) is 2. The molecule has 0 unspecified atom stereocenters. The summed E-state index contributed by atoms with van der Waals surface area (Å²) in [6.45, 7) is 5.37. The fraction of sp³-hybridized carbons (Fsp3) is 0.400. The van der Waals surface area contributed by atoms with Gasteiger partial charge in [0.05, 0.1) is 12.9 Å². The minimum Gasteiger partial charge on any atom is -0.493 e. The van der Waals surface area contributed by atoms with Crippen molar-refractivity contribution in [3.05, 3.63) is 47.5 Å². The molecule has 0 radical (unpaired) electrons. The lowest BCUT2D eigenvalue weighted by Crippen LogP contribution is -2.13. The average Bonchev–Trinajstić information content (AvgIpc) is 2.96. The van der Waals surface area contributed by atoms with E-state index in [0.29, 0.717) is 6.61 Å². The Kier molecular flexibility index (Phi) is 5.89. The van der Waals surface area contributed by atoms with Gasteiger partial charge in [-0.05, 0) is 31.2 Å². The number of rotatable bonds is 8. The van der Waals surface area contributed by atoms with Crippen LogP contribution in [-0.2, 0) is 13.1 Å². The van der Waals surface area contributed by atoms with E-state index in [9.17, 15) is 0 Å². The zero-order valence-electron chi connectivity index (χ0n) is 11.7. The number of halogens is 1. The highest BCUT2D eigenvalue weighted by Crippen LogP contribution is 2.23. The minimum atomic E-state index is 0.680.